The molecule has 0 saturated carbocycles. The molecule has 0 spiro atoms. The Balaban J connectivity index is 1.38. The van der Waals surface area contributed by atoms with E-state index in [0.29, 0.717) is 0 Å². The van der Waals surface area contributed by atoms with Crippen LogP contribution in [0.4, 0.5) is 17.6 Å². The number of nitrogens with zero attached hydrogens (tertiary/aromatic N) is 7. The van der Waals surface area contributed by atoms with Gasteiger partial charge in [0.2, 0.25) is 5.95 Å². The van der Waals surface area contributed by atoms with E-state index in [1.165, 1.54) is 0 Å². The van der Waals surface area contributed by atoms with Crippen LogP contribution in [0.25, 0.3) is 0 Å². The first-order valence-corrected chi connectivity index (χ1v) is 9.55. The largest absolute Gasteiger partial charge is 0.354 e. The second-order valence-electron chi connectivity index (χ2n) is 6.80. The molecule has 0 aromatic carbocycles. The summed E-state index contributed by atoms with van der Waals surface area (Å²) in [5, 5.41) is 0. The van der Waals surface area contributed by atoms with Crippen molar-refractivity contribution in [3.8, 4) is 0 Å². The number of rotatable bonds is 4. The molecule has 7 nitrogen and oxygen atoms in total. The predicted molar refractivity (Wildman–Crippen MR) is 105 cm³/mol. The van der Waals surface area contributed by atoms with Crippen molar-refractivity contribution >= 4 is 17.6 Å². The Morgan fingerprint density at radius 3 is 2.12 bits per heavy atom. The van der Waals surface area contributed by atoms with Crippen molar-refractivity contribution in [2.45, 2.75) is 6.92 Å². The SMILES string of the molecule is CCN1CCN(c2ccnc(N3CCN(c4ccccn4)CC3)n2)CC1. The van der Waals surface area contributed by atoms with Crippen LogP contribution in [0.1, 0.15) is 6.92 Å². The zero-order valence-corrected chi connectivity index (χ0v) is 15.5. The summed E-state index contributed by atoms with van der Waals surface area (Å²) >= 11 is 0. The molecule has 2 fully saturated rings. The summed E-state index contributed by atoms with van der Waals surface area (Å²) in [7, 11) is 0. The standard InChI is InChI=1S/C19H27N7/c1-2-23-9-11-25(12-10-23)18-6-8-21-19(22-18)26-15-13-24(14-16-26)17-5-3-4-7-20-17/h3-8H,2,9-16H2,1H3. The van der Waals surface area contributed by atoms with Gasteiger partial charge in [-0.25, -0.2) is 9.97 Å². The summed E-state index contributed by atoms with van der Waals surface area (Å²) in [6.07, 6.45) is 3.75. The summed E-state index contributed by atoms with van der Waals surface area (Å²) in [5.74, 6) is 2.95. The normalized spacial score (nSPS) is 19.0. The maximum atomic E-state index is 4.86. The van der Waals surface area contributed by atoms with Crippen LogP contribution in [0, 0.1) is 0 Å². The van der Waals surface area contributed by atoms with Crippen molar-refractivity contribution in [2.24, 2.45) is 0 Å². The van der Waals surface area contributed by atoms with Gasteiger partial charge in [-0.2, -0.15) is 4.98 Å². The molecular weight excluding hydrogens is 326 g/mol. The molecule has 0 radical (unpaired) electrons. The third-order valence-electron chi connectivity index (χ3n) is 5.31. The molecule has 4 rings (SSSR count). The van der Waals surface area contributed by atoms with Crippen molar-refractivity contribution in [1.29, 1.82) is 0 Å². The van der Waals surface area contributed by atoms with E-state index in [2.05, 4.69) is 42.6 Å². The number of hydrogen-bond donors (Lipinski definition) is 0. The average molecular weight is 353 g/mol. The van der Waals surface area contributed by atoms with Crippen LogP contribution in [0.15, 0.2) is 36.7 Å². The van der Waals surface area contributed by atoms with Gasteiger partial charge in [0, 0.05) is 64.8 Å². The molecule has 2 aliphatic heterocycles. The topological polar surface area (TPSA) is 51.6 Å². The van der Waals surface area contributed by atoms with Crippen LogP contribution in [0.2, 0.25) is 0 Å². The zero-order chi connectivity index (χ0) is 17.8. The molecule has 4 heterocycles. The third-order valence-corrected chi connectivity index (χ3v) is 5.31. The maximum Gasteiger partial charge on any atom is 0.227 e. The minimum atomic E-state index is 0.848. The molecule has 2 aliphatic rings. The first-order valence-electron chi connectivity index (χ1n) is 9.55. The van der Waals surface area contributed by atoms with E-state index in [1.54, 1.807) is 0 Å². The highest BCUT2D eigenvalue weighted by atomic mass is 15.4. The number of pyridine rings is 1. The van der Waals surface area contributed by atoms with Gasteiger partial charge in [-0.05, 0) is 24.7 Å². The Bertz CT molecular complexity index is 692. The number of piperazine rings is 2. The highest BCUT2D eigenvalue weighted by Gasteiger charge is 2.22. The minimum Gasteiger partial charge on any atom is -0.354 e. The van der Waals surface area contributed by atoms with Crippen LogP contribution in [0.3, 0.4) is 0 Å². The van der Waals surface area contributed by atoms with E-state index in [-0.39, 0.29) is 0 Å². The Labute approximate surface area is 155 Å². The lowest BCUT2D eigenvalue weighted by Gasteiger charge is -2.37. The molecule has 0 N–H and O–H groups in total. The molecule has 2 aromatic rings. The van der Waals surface area contributed by atoms with Crippen molar-refractivity contribution in [3.63, 3.8) is 0 Å². The monoisotopic (exact) mass is 353 g/mol. The third kappa shape index (κ3) is 3.72. The van der Waals surface area contributed by atoms with Crippen LogP contribution in [-0.4, -0.2) is 78.8 Å². The molecule has 7 heteroatoms. The summed E-state index contributed by atoms with van der Waals surface area (Å²) < 4.78 is 0. The fourth-order valence-corrected chi connectivity index (χ4v) is 3.64. The van der Waals surface area contributed by atoms with Crippen LogP contribution < -0.4 is 14.7 Å². The lowest BCUT2D eigenvalue weighted by molar-refractivity contribution is 0.270. The van der Waals surface area contributed by atoms with Gasteiger partial charge >= 0.3 is 0 Å². The molecule has 0 amide bonds. The molecule has 0 unspecified atom stereocenters. The number of hydrogen-bond acceptors (Lipinski definition) is 7. The second-order valence-corrected chi connectivity index (χ2v) is 6.80. The molecule has 26 heavy (non-hydrogen) atoms. The molecular formula is C19H27N7. The average Bonchev–Trinajstić information content (AvgIpc) is 2.75. The van der Waals surface area contributed by atoms with Gasteiger partial charge in [-0.15, -0.1) is 0 Å². The summed E-state index contributed by atoms with van der Waals surface area (Å²) in [5.41, 5.74) is 0. The molecule has 0 aliphatic carbocycles. The quantitative estimate of drug-likeness (QED) is 0.822. The van der Waals surface area contributed by atoms with Crippen LogP contribution in [0.5, 0.6) is 0 Å². The summed E-state index contributed by atoms with van der Waals surface area (Å²) in [4.78, 5) is 23.3. The fraction of sp³-hybridized carbons (Fsp3) is 0.526. The van der Waals surface area contributed by atoms with Crippen LogP contribution in [-0.2, 0) is 0 Å². The minimum absolute atomic E-state index is 0.848. The molecule has 138 valence electrons. The van der Waals surface area contributed by atoms with E-state index in [0.717, 1.165) is 76.5 Å². The van der Waals surface area contributed by atoms with Crippen molar-refractivity contribution in [2.75, 3.05) is 73.6 Å². The van der Waals surface area contributed by atoms with Crippen molar-refractivity contribution in [3.05, 3.63) is 36.7 Å². The van der Waals surface area contributed by atoms with Gasteiger partial charge in [0.05, 0.1) is 0 Å². The Hall–Kier alpha value is -2.41. The zero-order valence-electron chi connectivity index (χ0n) is 15.5. The van der Waals surface area contributed by atoms with E-state index in [9.17, 15) is 0 Å². The summed E-state index contributed by atoms with van der Waals surface area (Å²) in [6, 6.07) is 8.11. The molecule has 0 bridgehead atoms. The smallest absolute Gasteiger partial charge is 0.227 e. The Kier molecular flexibility index (Phi) is 5.15. The molecule has 2 saturated heterocycles. The van der Waals surface area contributed by atoms with E-state index in [4.69, 9.17) is 4.98 Å². The van der Waals surface area contributed by atoms with Gasteiger partial charge in [0.15, 0.2) is 0 Å². The maximum absolute atomic E-state index is 4.86. The lowest BCUT2D eigenvalue weighted by Crippen LogP contribution is -2.48. The lowest BCUT2D eigenvalue weighted by atomic mass is 10.3. The van der Waals surface area contributed by atoms with Gasteiger partial charge < -0.3 is 19.6 Å². The predicted octanol–water partition coefficient (Wildman–Crippen LogP) is 1.34. The van der Waals surface area contributed by atoms with Gasteiger partial charge in [-0.3, -0.25) is 0 Å². The van der Waals surface area contributed by atoms with Gasteiger partial charge in [-0.1, -0.05) is 13.0 Å². The molecule has 0 atom stereocenters. The highest BCUT2D eigenvalue weighted by molar-refractivity contribution is 5.46. The van der Waals surface area contributed by atoms with E-state index >= 15 is 0 Å². The first kappa shape index (κ1) is 17.0. The first-order chi connectivity index (χ1) is 12.8. The second kappa shape index (κ2) is 7.86. The summed E-state index contributed by atoms with van der Waals surface area (Å²) in [6.45, 7) is 11.4. The van der Waals surface area contributed by atoms with Gasteiger partial charge in [0.25, 0.3) is 0 Å². The van der Waals surface area contributed by atoms with Gasteiger partial charge in [0.1, 0.15) is 11.6 Å². The number of anilines is 3. The van der Waals surface area contributed by atoms with E-state index in [1.807, 2.05) is 30.6 Å². The Morgan fingerprint density at radius 2 is 1.42 bits per heavy atom. The van der Waals surface area contributed by atoms with Crippen LogP contribution >= 0.6 is 0 Å². The number of likely N-dealkylation sites (N-methyl/N-ethyl adjacent to an activating group) is 1. The highest BCUT2D eigenvalue weighted by Crippen LogP contribution is 2.19. The van der Waals surface area contributed by atoms with Crippen molar-refractivity contribution in [1.82, 2.24) is 19.9 Å². The fourth-order valence-electron chi connectivity index (χ4n) is 3.64. The van der Waals surface area contributed by atoms with Crippen molar-refractivity contribution < 1.29 is 0 Å². The van der Waals surface area contributed by atoms with E-state index < -0.39 is 0 Å². The number of aromatic nitrogens is 3. The molecule has 2 aromatic heterocycles. The Morgan fingerprint density at radius 1 is 0.731 bits per heavy atom.